The Hall–Kier alpha value is -1.33. The number of rotatable bonds is 1. The second-order valence-corrected chi connectivity index (χ2v) is 4.76. The Morgan fingerprint density at radius 3 is 2.78 bits per heavy atom. The molecule has 2 heterocycles. The molecule has 0 aliphatic heterocycles. The Labute approximate surface area is 111 Å². The minimum atomic E-state index is -0.0338. The third-order valence-corrected chi connectivity index (χ3v) is 3.62. The molecule has 1 saturated carbocycles. The molecular weight excluding hydrogens is 252 g/mol. The summed E-state index contributed by atoms with van der Waals surface area (Å²) in [5, 5.41) is 0. The molecule has 0 bridgehead atoms. The molecule has 1 aliphatic rings. The summed E-state index contributed by atoms with van der Waals surface area (Å²) in [7, 11) is 0. The first kappa shape index (κ1) is 13.1. The van der Waals surface area contributed by atoms with Gasteiger partial charge in [-0.25, -0.2) is 4.79 Å². The number of halogens is 1. The minimum absolute atomic E-state index is 0. The van der Waals surface area contributed by atoms with Gasteiger partial charge in [-0.2, -0.15) is 0 Å². The van der Waals surface area contributed by atoms with Crippen molar-refractivity contribution >= 4 is 23.4 Å². The first-order valence-electron chi connectivity index (χ1n) is 6.05. The summed E-state index contributed by atoms with van der Waals surface area (Å²) in [6, 6.07) is 2.47. The molecule has 0 atom stereocenters. The van der Waals surface area contributed by atoms with E-state index in [9.17, 15) is 4.79 Å². The van der Waals surface area contributed by atoms with Crippen molar-refractivity contribution in [1.82, 2.24) is 14.5 Å². The molecule has 6 heteroatoms. The van der Waals surface area contributed by atoms with Gasteiger partial charge in [0.15, 0.2) is 0 Å². The van der Waals surface area contributed by atoms with Crippen LogP contribution in [0, 0.1) is 0 Å². The molecule has 98 valence electrons. The van der Waals surface area contributed by atoms with Crippen LogP contribution in [0.5, 0.6) is 0 Å². The van der Waals surface area contributed by atoms with Crippen molar-refractivity contribution in [3.05, 3.63) is 28.9 Å². The van der Waals surface area contributed by atoms with E-state index < -0.39 is 0 Å². The van der Waals surface area contributed by atoms with Crippen molar-refractivity contribution in [1.29, 1.82) is 0 Å². The van der Waals surface area contributed by atoms with Crippen LogP contribution in [0.1, 0.15) is 31.7 Å². The average molecular weight is 269 g/mol. The largest absolute Gasteiger partial charge is 0.328 e. The third-order valence-electron chi connectivity index (χ3n) is 3.62. The summed E-state index contributed by atoms with van der Waals surface area (Å²) in [4.78, 5) is 18.8. The van der Waals surface area contributed by atoms with Gasteiger partial charge in [0.1, 0.15) is 0 Å². The number of aromatic amines is 1. The first-order chi connectivity index (χ1) is 8.25. The van der Waals surface area contributed by atoms with Gasteiger partial charge in [0.2, 0.25) is 0 Å². The Morgan fingerprint density at radius 1 is 1.33 bits per heavy atom. The fraction of sp³-hybridized carbons (Fsp3) is 0.500. The molecule has 3 rings (SSSR count). The summed E-state index contributed by atoms with van der Waals surface area (Å²) >= 11 is 0. The van der Waals surface area contributed by atoms with Gasteiger partial charge >= 0.3 is 5.69 Å². The Balaban J connectivity index is 0.00000120. The van der Waals surface area contributed by atoms with Gasteiger partial charge in [0.05, 0.1) is 17.2 Å². The predicted octanol–water partition coefficient (Wildman–Crippen LogP) is 1.59. The molecule has 2 aromatic heterocycles. The lowest BCUT2D eigenvalue weighted by atomic mass is 9.91. The molecule has 5 nitrogen and oxygen atoms in total. The average Bonchev–Trinajstić information content (AvgIpc) is 2.66. The third kappa shape index (κ3) is 2.15. The van der Waals surface area contributed by atoms with Gasteiger partial charge in [-0.3, -0.25) is 9.55 Å². The van der Waals surface area contributed by atoms with Crippen molar-refractivity contribution < 1.29 is 0 Å². The predicted molar refractivity (Wildman–Crippen MR) is 73.1 cm³/mol. The molecule has 0 unspecified atom stereocenters. The van der Waals surface area contributed by atoms with E-state index in [4.69, 9.17) is 5.73 Å². The maximum Gasteiger partial charge on any atom is 0.326 e. The van der Waals surface area contributed by atoms with E-state index in [1.54, 1.807) is 12.4 Å². The molecule has 1 aliphatic carbocycles. The van der Waals surface area contributed by atoms with Crippen LogP contribution in [0.25, 0.3) is 11.0 Å². The number of hydrogen-bond donors (Lipinski definition) is 2. The highest BCUT2D eigenvalue weighted by atomic mass is 35.5. The number of H-pyrrole nitrogens is 1. The van der Waals surface area contributed by atoms with Crippen LogP contribution in [0.2, 0.25) is 0 Å². The van der Waals surface area contributed by atoms with Crippen molar-refractivity contribution in [2.45, 2.75) is 37.8 Å². The molecule has 2 aromatic rings. The standard InChI is InChI=1S/C12H16N4O.ClH/c13-8-1-3-9(4-2-8)16-11-5-6-14-7-10(11)15-12(16)17;/h5-9H,1-4,13H2,(H,15,17);1H/t8-,9-;. The molecule has 1 fully saturated rings. The van der Waals surface area contributed by atoms with E-state index in [-0.39, 0.29) is 24.1 Å². The summed E-state index contributed by atoms with van der Waals surface area (Å²) in [6.07, 6.45) is 7.37. The van der Waals surface area contributed by atoms with Gasteiger partial charge in [-0.1, -0.05) is 0 Å². The minimum Gasteiger partial charge on any atom is -0.328 e. The number of fused-ring (bicyclic) bond motifs is 1. The van der Waals surface area contributed by atoms with E-state index in [0.717, 1.165) is 36.7 Å². The van der Waals surface area contributed by atoms with E-state index in [0.29, 0.717) is 6.04 Å². The van der Waals surface area contributed by atoms with Gasteiger partial charge < -0.3 is 10.7 Å². The van der Waals surface area contributed by atoms with Crippen molar-refractivity contribution in [3.8, 4) is 0 Å². The van der Waals surface area contributed by atoms with Crippen molar-refractivity contribution in [2.75, 3.05) is 0 Å². The Kier molecular flexibility index (Phi) is 3.73. The highest BCUT2D eigenvalue weighted by Crippen LogP contribution is 2.28. The number of imidazole rings is 1. The van der Waals surface area contributed by atoms with Gasteiger partial charge in [-0.15, -0.1) is 12.4 Å². The fourth-order valence-electron chi connectivity index (χ4n) is 2.70. The highest BCUT2D eigenvalue weighted by Gasteiger charge is 2.22. The SMILES string of the molecule is Cl.N[C@H]1CC[C@H](n2c(=O)[nH]c3cnccc32)CC1. The maximum atomic E-state index is 12.0. The monoisotopic (exact) mass is 268 g/mol. The Morgan fingerprint density at radius 2 is 2.06 bits per heavy atom. The number of pyridine rings is 1. The zero-order valence-corrected chi connectivity index (χ0v) is 10.8. The number of hydrogen-bond acceptors (Lipinski definition) is 3. The fourth-order valence-corrected chi connectivity index (χ4v) is 2.70. The highest BCUT2D eigenvalue weighted by molar-refractivity contribution is 5.85. The van der Waals surface area contributed by atoms with Crippen LogP contribution in [0.4, 0.5) is 0 Å². The van der Waals surface area contributed by atoms with Crippen molar-refractivity contribution in [2.24, 2.45) is 5.73 Å². The van der Waals surface area contributed by atoms with Crippen molar-refractivity contribution in [3.63, 3.8) is 0 Å². The lowest BCUT2D eigenvalue weighted by molar-refractivity contribution is 0.324. The van der Waals surface area contributed by atoms with Crippen LogP contribution >= 0.6 is 12.4 Å². The van der Waals surface area contributed by atoms with E-state index in [1.165, 1.54) is 0 Å². The smallest absolute Gasteiger partial charge is 0.326 e. The summed E-state index contributed by atoms with van der Waals surface area (Å²) in [5.41, 5.74) is 7.62. The van der Waals surface area contributed by atoms with E-state index in [1.807, 2.05) is 10.6 Å². The number of nitrogens with one attached hydrogen (secondary N) is 1. The van der Waals surface area contributed by atoms with E-state index in [2.05, 4.69) is 9.97 Å². The number of aromatic nitrogens is 3. The number of nitrogens with zero attached hydrogens (tertiary/aromatic N) is 2. The van der Waals surface area contributed by atoms with Crippen LogP contribution < -0.4 is 11.4 Å². The topological polar surface area (TPSA) is 76.7 Å². The molecule has 0 aromatic carbocycles. The summed E-state index contributed by atoms with van der Waals surface area (Å²) in [6.45, 7) is 0. The summed E-state index contributed by atoms with van der Waals surface area (Å²) in [5.74, 6) is 0. The lowest BCUT2D eigenvalue weighted by Gasteiger charge is -2.26. The normalized spacial score (nSPS) is 23.8. The van der Waals surface area contributed by atoms with Crippen LogP contribution in [-0.4, -0.2) is 20.6 Å². The first-order valence-corrected chi connectivity index (χ1v) is 6.05. The maximum absolute atomic E-state index is 12.0. The van der Waals surface area contributed by atoms with Gasteiger partial charge in [0, 0.05) is 18.3 Å². The Bertz CT molecular complexity index is 583. The molecular formula is C12H17ClN4O. The lowest BCUT2D eigenvalue weighted by Crippen LogP contribution is -2.31. The molecule has 3 N–H and O–H groups in total. The molecule has 0 amide bonds. The van der Waals surface area contributed by atoms with Gasteiger partial charge in [0.25, 0.3) is 0 Å². The van der Waals surface area contributed by atoms with Crippen LogP contribution in [0.15, 0.2) is 23.3 Å². The zero-order valence-electron chi connectivity index (χ0n) is 10.0. The molecule has 0 spiro atoms. The summed E-state index contributed by atoms with van der Waals surface area (Å²) < 4.78 is 1.86. The molecule has 18 heavy (non-hydrogen) atoms. The van der Waals surface area contributed by atoms with E-state index >= 15 is 0 Å². The number of nitrogens with two attached hydrogens (primary N) is 1. The molecule has 0 radical (unpaired) electrons. The van der Waals surface area contributed by atoms with Gasteiger partial charge in [-0.05, 0) is 31.7 Å². The van der Waals surface area contributed by atoms with Crippen LogP contribution in [-0.2, 0) is 0 Å². The second-order valence-electron chi connectivity index (χ2n) is 4.76. The second kappa shape index (κ2) is 5.12. The molecule has 0 saturated heterocycles. The zero-order chi connectivity index (χ0) is 11.8. The van der Waals surface area contributed by atoms with Crippen LogP contribution in [0.3, 0.4) is 0 Å². The quantitative estimate of drug-likeness (QED) is 0.825.